The van der Waals surface area contributed by atoms with Gasteiger partial charge in [-0.3, -0.25) is 19.2 Å². The summed E-state index contributed by atoms with van der Waals surface area (Å²) in [5.41, 5.74) is 2.09. The van der Waals surface area contributed by atoms with Crippen LogP contribution in [0.4, 0.5) is 0 Å². The molecule has 6 rings (SSSR count). The summed E-state index contributed by atoms with van der Waals surface area (Å²) in [6, 6.07) is 22.4. The zero-order valence-corrected chi connectivity index (χ0v) is 28.1. The molecule has 0 bridgehead atoms. The van der Waals surface area contributed by atoms with Crippen LogP contribution in [0.3, 0.4) is 0 Å². The number of amides is 4. The second kappa shape index (κ2) is 15.3. The van der Waals surface area contributed by atoms with Gasteiger partial charge in [-0.2, -0.15) is 0 Å². The summed E-state index contributed by atoms with van der Waals surface area (Å²) in [6.07, 6.45) is 5.28. The maximum Gasteiger partial charge on any atom is 0.247 e. The number of rotatable bonds is 10. The third-order valence-corrected chi connectivity index (χ3v) is 10.1. The highest BCUT2D eigenvalue weighted by atomic mass is 35.5. The number of nitrogens with zero attached hydrogens (tertiary/aromatic N) is 3. The molecule has 3 aromatic rings. The summed E-state index contributed by atoms with van der Waals surface area (Å²) in [6.45, 7) is 2.40. The molecular weight excluding hydrogens is 614 g/mol. The first-order valence-corrected chi connectivity index (χ1v) is 16.7. The Labute approximate surface area is 283 Å². The summed E-state index contributed by atoms with van der Waals surface area (Å²) in [4.78, 5) is 60.7. The summed E-state index contributed by atoms with van der Waals surface area (Å²) in [5.74, 6) is -0.774. The number of likely N-dealkylation sites (N-methyl/N-ethyl adjacent to an activating group) is 1. The largest absolute Gasteiger partial charge is 0.343 e. The van der Waals surface area contributed by atoms with Crippen LogP contribution in [-0.2, 0) is 32.0 Å². The Kier molecular flexibility index (Phi) is 11.2. The second-order valence-electron chi connectivity index (χ2n) is 13.1. The van der Waals surface area contributed by atoms with Gasteiger partial charge in [-0.15, -0.1) is 12.4 Å². The first-order valence-electron chi connectivity index (χ1n) is 16.7. The molecule has 0 unspecified atom stereocenters. The maximum absolute atomic E-state index is 14.5. The van der Waals surface area contributed by atoms with Gasteiger partial charge in [0.1, 0.15) is 24.8 Å². The number of benzene rings is 3. The van der Waals surface area contributed by atoms with Crippen molar-refractivity contribution in [2.75, 3.05) is 26.7 Å². The molecule has 47 heavy (non-hydrogen) atoms. The van der Waals surface area contributed by atoms with Gasteiger partial charge >= 0.3 is 0 Å². The maximum atomic E-state index is 14.5. The van der Waals surface area contributed by atoms with Crippen molar-refractivity contribution in [3.05, 3.63) is 83.9 Å². The number of hydrogen-bond acceptors (Lipinski definition) is 5. The van der Waals surface area contributed by atoms with E-state index in [0.29, 0.717) is 19.4 Å². The van der Waals surface area contributed by atoms with Gasteiger partial charge < -0.3 is 25.3 Å². The van der Waals surface area contributed by atoms with E-state index in [2.05, 4.69) is 22.8 Å². The molecule has 2 heterocycles. The first kappa shape index (κ1) is 34.4. The SMILES string of the molecule is CN[C@@H](C)C(=O)N[C@H](C(=O)N1CC(=O)N2[C@@H]1CN(CCc1ccccc1)C(=O)[C@@H]2Cc1ccc2ccccc2c1)C1CCCCC1.Cl. The van der Waals surface area contributed by atoms with E-state index in [1.165, 1.54) is 0 Å². The topological polar surface area (TPSA) is 102 Å². The lowest BCUT2D eigenvalue weighted by atomic mass is 9.83. The minimum Gasteiger partial charge on any atom is -0.343 e. The fourth-order valence-corrected chi connectivity index (χ4v) is 7.38. The molecule has 0 spiro atoms. The van der Waals surface area contributed by atoms with Crippen LogP contribution in [0.5, 0.6) is 0 Å². The van der Waals surface area contributed by atoms with Crippen molar-refractivity contribution in [2.45, 2.75) is 76.2 Å². The van der Waals surface area contributed by atoms with Crippen LogP contribution in [0.2, 0.25) is 0 Å². The molecule has 3 aliphatic rings. The summed E-state index contributed by atoms with van der Waals surface area (Å²) in [5, 5.41) is 8.21. The summed E-state index contributed by atoms with van der Waals surface area (Å²) < 4.78 is 0. The van der Waals surface area contributed by atoms with Crippen molar-refractivity contribution in [1.29, 1.82) is 0 Å². The van der Waals surface area contributed by atoms with Gasteiger partial charge in [0.05, 0.1) is 12.6 Å². The lowest BCUT2D eigenvalue weighted by Crippen LogP contribution is -2.66. The van der Waals surface area contributed by atoms with E-state index in [1.807, 2.05) is 65.6 Å². The van der Waals surface area contributed by atoms with Gasteiger partial charge in [0.15, 0.2) is 0 Å². The molecule has 4 amide bonds. The molecule has 4 atom stereocenters. The third-order valence-electron chi connectivity index (χ3n) is 10.1. The minimum absolute atomic E-state index is 0. The van der Waals surface area contributed by atoms with Gasteiger partial charge in [-0.25, -0.2) is 0 Å². The Bertz CT molecular complexity index is 1580. The summed E-state index contributed by atoms with van der Waals surface area (Å²) >= 11 is 0. The molecule has 1 saturated carbocycles. The molecule has 2 saturated heterocycles. The molecule has 0 aromatic heterocycles. The van der Waals surface area contributed by atoms with E-state index >= 15 is 0 Å². The van der Waals surface area contributed by atoms with Gasteiger partial charge in [-0.1, -0.05) is 92.1 Å². The molecule has 0 radical (unpaired) electrons. The summed E-state index contributed by atoms with van der Waals surface area (Å²) in [7, 11) is 1.72. The van der Waals surface area contributed by atoms with Crippen LogP contribution in [0.1, 0.15) is 50.2 Å². The zero-order chi connectivity index (χ0) is 32.2. The van der Waals surface area contributed by atoms with E-state index in [0.717, 1.165) is 54.0 Å². The Hall–Kier alpha value is -3.95. The monoisotopic (exact) mass is 659 g/mol. The molecule has 3 aromatic carbocycles. The number of piperazine rings is 1. The Morgan fingerprint density at radius 3 is 2.32 bits per heavy atom. The van der Waals surface area contributed by atoms with E-state index in [9.17, 15) is 19.2 Å². The minimum atomic E-state index is -0.729. The van der Waals surface area contributed by atoms with Crippen LogP contribution in [0.25, 0.3) is 10.8 Å². The molecule has 9 nitrogen and oxygen atoms in total. The number of carbonyl (C=O) groups excluding carboxylic acids is 4. The van der Waals surface area contributed by atoms with Gasteiger partial charge in [0, 0.05) is 13.0 Å². The lowest BCUT2D eigenvalue weighted by Gasteiger charge is -2.45. The Morgan fingerprint density at radius 1 is 0.894 bits per heavy atom. The van der Waals surface area contributed by atoms with Crippen LogP contribution in [0.15, 0.2) is 72.8 Å². The Balaban J connectivity index is 0.00000433. The van der Waals surface area contributed by atoms with E-state index < -0.39 is 24.3 Å². The van der Waals surface area contributed by atoms with Crippen molar-refractivity contribution in [3.8, 4) is 0 Å². The molecule has 10 heteroatoms. The van der Waals surface area contributed by atoms with Crippen molar-refractivity contribution in [2.24, 2.45) is 5.92 Å². The zero-order valence-electron chi connectivity index (χ0n) is 27.3. The molecule has 2 N–H and O–H groups in total. The molecule has 1 aliphatic carbocycles. The average Bonchev–Trinajstić information content (AvgIpc) is 3.43. The van der Waals surface area contributed by atoms with Crippen LogP contribution in [-0.4, -0.2) is 89.3 Å². The standard InChI is InChI=1S/C37H45N5O4.ClH/c1-25(38-2)35(44)39-34(29-14-7-4-8-15-29)37(46)41-24-33(43)42-31(22-27-17-18-28-13-9-10-16-30(28)21-27)36(45)40(23-32(41)42)20-19-26-11-5-3-6-12-26;/h3,5-6,9-13,16-18,21,25,29,31-32,34,38H,4,7-8,14-15,19-20,22-24H2,1-2H3,(H,39,44);1H/t25-,31-,32+,34-;/m0./s1. The number of nitrogens with one attached hydrogen (secondary N) is 2. The number of fused-ring (bicyclic) bond motifs is 2. The van der Waals surface area contributed by atoms with Crippen LogP contribution >= 0.6 is 12.4 Å². The number of hydrogen-bond donors (Lipinski definition) is 2. The fourth-order valence-electron chi connectivity index (χ4n) is 7.38. The van der Waals surface area contributed by atoms with Gasteiger partial charge in [-0.05, 0) is 61.1 Å². The smallest absolute Gasteiger partial charge is 0.247 e. The average molecular weight is 660 g/mol. The highest BCUT2D eigenvalue weighted by Gasteiger charge is 2.52. The van der Waals surface area contributed by atoms with Crippen molar-refractivity contribution < 1.29 is 19.2 Å². The highest BCUT2D eigenvalue weighted by Crippen LogP contribution is 2.32. The van der Waals surface area contributed by atoms with Gasteiger partial charge in [0.25, 0.3) is 0 Å². The van der Waals surface area contributed by atoms with E-state index in [1.54, 1.807) is 23.8 Å². The lowest BCUT2D eigenvalue weighted by molar-refractivity contribution is -0.156. The van der Waals surface area contributed by atoms with Gasteiger partial charge in [0.2, 0.25) is 23.6 Å². The van der Waals surface area contributed by atoms with Crippen molar-refractivity contribution in [1.82, 2.24) is 25.3 Å². The predicted molar refractivity (Wildman–Crippen MR) is 185 cm³/mol. The normalized spacial score (nSPS) is 21.3. The van der Waals surface area contributed by atoms with Crippen molar-refractivity contribution in [3.63, 3.8) is 0 Å². The first-order chi connectivity index (χ1) is 22.3. The number of carbonyl (C=O) groups is 4. The van der Waals surface area contributed by atoms with Crippen LogP contribution < -0.4 is 10.6 Å². The second-order valence-corrected chi connectivity index (χ2v) is 13.1. The molecule has 2 aliphatic heterocycles. The molecular formula is C37H46ClN5O4. The molecule has 3 fully saturated rings. The predicted octanol–water partition coefficient (Wildman–Crippen LogP) is 3.93. The molecule has 250 valence electrons. The van der Waals surface area contributed by atoms with E-state index in [4.69, 9.17) is 0 Å². The van der Waals surface area contributed by atoms with Crippen LogP contribution in [0, 0.1) is 5.92 Å². The third kappa shape index (κ3) is 7.47. The fraction of sp³-hybridized carbons (Fsp3) is 0.459. The van der Waals surface area contributed by atoms with Crippen molar-refractivity contribution >= 4 is 46.8 Å². The Morgan fingerprint density at radius 2 is 1.60 bits per heavy atom. The quantitative estimate of drug-likeness (QED) is 0.344. The number of halogens is 1. The van der Waals surface area contributed by atoms with E-state index in [-0.39, 0.29) is 55.0 Å². The highest BCUT2D eigenvalue weighted by molar-refractivity contribution is 5.97.